The zero-order chi connectivity index (χ0) is 24.6. The van der Waals surface area contributed by atoms with Gasteiger partial charge < -0.3 is 5.32 Å². The summed E-state index contributed by atoms with van der Waals surface area (Å²) in [5.74, 6) is -1.05. The SMILES string of the molecule is CC1=NN(/C(=N/c2nnc(C)s2)Nc2ccc(C)c(C)c2)C(c2ccc(C(F)(F)F)c(F)c2)S1. The van der Waals surface area contributed by atoms with Crippen molar-refractivity contribution in [2.24, 2.45) is 10.1 Å². The number of thioether (sulfide) groups is 1. The third-order valence-corrected chi connectivity index (χ3v) is 6.88. The van der Waals surface area contributed by atoms with E-state index in [1.807, 2.05) is 32.0 Å². The molecule has 0 spiro atoms. The summed E-state index contributed by atoms with van der Waals surface area (Å²) in [7, 11) is 0. The van der Waals surface area contributed by atoms with Crippen molar-refractivity contribution in [3.05, 3.63) is 69.5 Å². The van der Waals surface area contributed by atoms with Crippen LogP contribution in [0.5, 0.6) is 0 Å². The average molecular weight is 509 g/mol. The van der Waals surface area contributed by atoms with Gasteiger partial charge in [-0.05, 0) is 68.7 Å². The number of hydrogen-bond donors (Lipinski definition) is 1. The lowest BCUT2D eigenvalue weighted by Gasteiger charge is -2.25. The molecule has 0 bridgehead atoms. The Morgan fingerprint density at radius 3 is 2.41 bits per heavy atom. The molecule has 2 heterocycles. The van der Waals surface area contributed by atoms with Gasteiger partial charge in [-0.2, -0.15) is 23.3 Å². The van der Waals surface area contributed by atoms with E-state index >= 15 is 0 Å². The van der Waals surface area contributed by atoms with E-state index in [2.05, 4.69) is 25.6 Å². The van der Waals surface area contributed by atoms with E-state index in [0.717, 1.165) is 34.0 Å². The van der Waals surface area contributed by atoms with E-state index in [0.29, 0.717) is 15.7 Å². The van der Waals surface area contributed by atoms with Crippen LogP contribution in [-0.2, 0) is 6.18 Å². The third kappa shape index (κ3) is 5.22. The van der Waals surface area contributed by atoms with Crippen LogP contribution in [0.2, 0.25) is 0 Å². The number of hydrazone groups is 1. The van der Waals surface area contributed by atoms with Crippen molar-refractivity contribution in [3.63, 3.8) is 0 Å². The number of guanidine groups is 1. The lowest BCUT2D eigenvalue weighted by atomic mass is 10.1. The number of anilines is 1. The number of halogens is 4. The second-order valence-corrected chi connectivity index (χ2v) is 10.1. The van der Waals surface area contributed by atoms with Crippen LogP contribution < -0.4 is 5.32 Å². The summed E-state index contributed by atoms with van der Waals surface area (Å²) >= 11 is 2.56. The molecule has 0 saturated heterocycles. The normalized spacial score (nSPS) is 16.7. The minimum atomic E-state index is -4.77. The summed E-state index contributed by atoms with van der Waals surface area (Å²) in [6.45, 7) is 7.54. The molecule has 1 N–H and O–H groups in total. The Kier molecular flexibility index (Phi) is 6.63. The van der Waals surface area contributed by atoms with Crippen LogP contribution in [0.15, 0.2) is 46.5 Å². The molecule has 0 radical (unpaired) electrons. The molecular formula is C22H20F4N6S2. The monoisotopic (exact) mass is 508 g/mol. The van der Waals surface area contributed by atoms with Gasteiger partial charge in [-0.3, -0.25) is 0 Å². The molecule has 0 amide bonds. The van der Waals surface area contributed by atoms with Crippen LogP contribution in [0.4, 0.5) is 28.4 Å². The van der Waals surface area contributed by atoms with E-state index in [1.54, 1.807) is 13.8 Å². The molecule has 1 unspecified atom stereocenters. The molecule has 4 rings (SSSR count). The first-order valence-corrected chi connectivity index (χ1v) is 11.8. The highest BCUT2D eigenvalue weighted by Crippen LogP contribution is 2.42. The molecule has 1 atom stereocenters. The molecule has 178 valence electrons. The first kappa shape index (κ1) is 24.1. The van der Waals surface area contributed by atoms with Gasteiger partial charge in [0.1, 0.15) is 16.2 Å². The summed E-state index contributed by atoms with van der Waals surface area (Å²) < 4.78 is 53.5. The van der Waals surface area contributed by atoms with E-state index in [4.69, 9.17) is 0 Å². The predicted molar refractivity (Wildman–Crippen MR) is 128 cm³/mol. The molecule has 1 aliphatic rings. The van der Waals surface area contributed by atoms with Crippen molar-refractivity contribution in [1.82, 2.24) is 15.2 Å². The fourth-order valence-corrected chi connectivity index (χ4v) is 4.78. The Morgan fingerprint density at radius 2 is 1.79 bits per heavy atom. The van der Waals surface area contributed by atoms with Gasteiger partial charge in [0.2, 0.25) is 11.1 Å². The van der Waals surface area contributed by atoms with Crippen molar-refractivity contribution in [1.29, 1.82) is 0 Å². The Morgan fingerprint density at radius 1 is 1.03 bits per heavy atom. The Bertz CT molecular complexity index is 1280. The molecule has 1 aliphatic heterocycles. The second kappa shape index (κ2) is 9.34. The number of nitrogens with one attached hydrogen (secondary N) is 1. The van der Waals surface area contributed by atoms with Crippen molar-refractivity contribution in [2.45, 2.75) is 39.2 Å². The topological polar surface area (TPSA) is 65.8 Å². The maximum absolute atomic E-state index is 14.4. The van der Waals surface area contributed by atoms with Gasteiger partial charge in [-0.15, -0.1) is 10.2 Å². The average Bonchev–Trinajstić information content (AvgIpc) is 3.34. The quantitative estimate of drug-likeness (QED) is 0.239. The van der Waals surface area contributed by atoms with Crippen LogP contribution >= 0.6 is 23.1 Å². The van der Waals surface area contributed by atoms with Gasteiger partial charge in [-0.1, -0.05) is 35.2 Å². The Balaban J connectivity index is 1.75. The number of nitrogens with zero attached hydrogens (tertiary/aromatic N) is 5. The molecular weight excluding hydrogens is 488 g/mol. The first-order valence-electron chi connectivity index (χ1n) is 10.1. The molecule has 0 aliphatic carbocycles. The second-order valence-electron chi connectivity index (χ2n) is 7.63. The molecule has 6 nitrogen and oxygen atoms in total. The molecule has 1 aromatic heterocycles. The maximum Gasteiger partial charge on any atom is 0.419 e. The smallest absolute Gasteiger partial charge is 0.324 e. The zero-order valence-corrected chi connectivity index (χ0v) is 20.2. The molecule has 3 aromatic rings. The van der Waals surface area contributed by atoms with E-state index in [-0.39, 0.29) is 5.96 Å². The summed E-state index contributed by atoms with van der Waals surface area (Å²) in [5.41, 5.74) is 1.93. The van der Waals surface area contributed by atoms with Gasteiger partial charge >= 0.3 is 6.18 Å². The fourth-order valence-electron chi connectivity index (χ4n) is 3.23. The van der Waals surface area contributed by atoms with Crippen LogP contribution in [0.1, 0.15) is 39.6 Å². The first-order chi connectivity index (χ1) is 16.0. The lowest BCUT2D eigenvalue weighted by Crippen LogP contribution is -2.32. The minimum absolute atomic E-state index is 0.286. The van der Waals surface area contributed by atoms with Crippen LogP contribution in [-0.4, -0.2) is 26.2 Å². The van der Waals surface area contributed by atoms with Crippen molar-refractivity contribution in [2.75, 3.05) is 5.32 Å². The highest BCUT2D eigenvalue weighted by Gasteiger charge is 2.36. The van der Waals surface area contributed by atoms with Crippen molar-refractivity contribution < 1.29 is 17.6 Å². The van der Waals surface area contributed by atoms with E-state index < -0.39 is 22.9 Å². The lowest BCUT2D eigenvalue weighted by molar-refractivity contribution is -0.140. The van der Waals surface area contributed by atoms with Crippen LogP contribution in [0.25, 0.3) is 0 Å². The van der Waals surface area contributed by atoms with Gasteiger partial charge in [0.15, 0.2) is 0 Å². The highest BCUT2D eigenvalue weighted by atomic mass is 32.2. The predicted octanol–water partition coefficient (Wildman–Crippen LogP) is 6.80. The van der Waals surface area contributed by atoms with Crippen LogP contribution in [0, 0.1) is 26.6 Å². The number of aryl methyl sites for hydroxylation is 3. The summed E-state index contributed by atoms with van der Waals surface area (Å²) in [5, 5.41) is 18.4. The van der Waals surface area contributed by atoms with Gasteiger partial charge in [0.05, 0.1) is 10.6 Å². The summed E-state index contributed by atoms with van der Waals surface area (Å²) in [6, 6.07) is 8.69. The zero-order valence-electron chi connectivity index (χ0n) is 18.6. The number of alkyl halides is 3. The van der Waals surface area contributed by atoms with E-state index in [9.17, 15) is 17.6 Å². The highest BCUT2D eigenvalue weighted by molar-refractivity contribution is 8.14. The molecule has 0 saturated carbocycles. The fraction of sp³-hybridized carbons (Fsp3) is 0.273. The van der Waals surface area contributed by atoms with Crippen molar-refractivity contribution >= 4 is 44.9 Å². The summed E-state index contributed by atoms with van der Waals surface area (Å²) in [6.07, 6.45) is -4.77. The standard InChI is InChI=1S/C22H20F4N6S2/c1-11-5-7-16(9-12(11)2)27-20(28-21-30-29-13(3)34-21)32-19(33-14(4)31-32)15-6-8-17(18(23)10-15)22(24,25)26/h5-10,19H,1-4H3,(H,27,28,30). The molecule has 2 aromatic carbocycles. The Labute approximate surface area is 201 Å². The molecule has 34 heavy (non-hydrogen) atoms. The number of aromatic nitrogens is 2. The number of aliphatic imine (C=N–C) groups is 1. The summed E-state index contributed by atoms with van der Waals surface area (Å²) in [4.78, 5) is 4.58. The van der Waals surface area contributed by atoms with Crippen LogP contribution in [0.3, 0.4) is 0 Å². The number of hydrogen-bond acceptors (Lipinski definition) is 6. The van der Waals surface area contributed by atoms with Gasteiger partial charge in [0, 0.05) is 5.69 Å². The number of rotatable bonds is 3. The molecule has 0 fully saturated rings. The largest absolute Gasteiger partial charge is 0.419 e. The van der Waals surface area contributed by atoms with E-state index in [1.165, 1.54) is 34.2 Å². The van der Waals surface area contributed by atoms with Gasteiger partial charge in [-0.25, -0.2) is 9.40 Å². The number of benzene rings is 2. The maximum atomic E-state index is 14.4. The molecule has 12 heteroatoms. The Hall–Kier alpha value is -2.99. The third-order valence-electron chi connectivity index (χ3n) is 5.03. The minimum Gasteiger partial charge on any atom is -0.324 e. The van der Waals surface area contributed by atoms with Gasteiger partial charge in [0.25, 0.3) is 0 Å². The van der Waals surface area contributed by atoms with Crippen molar-refractivity contribution in [3.8, 4) is 0 Å².